The first-order valence-electron chi connectivity index (χ1n) is 7.16. The van der Waals surface area contributed by atoms with Crippen LogP contribution in [0.3, 0.4) is 0 Å². The summed E-state index contributed by atoms with van der Waals surface area (Å²) in [6.07, 6.45) is 1.33. The summed E-state index contributed by atoms with van der Waals surface area (Å²) in [5, 5.41) is 22.9. The number of carbonyl (C=O) groups excluding carboxylic acids is 1. The van der Waals surface area contributed by atoms with Gasteiger partial charge in [0.1, 0.15) is 11.6 Å². The highest BCUT2D eigenvalue weighted by Gasteiger charge is 2.13. The third-order valence-corrected chi connectivity index (χ3v) is 3.50. The van der Waals surface area contributed by atoms with E-state index in [-0.39, 0.29) is 11.3 Å². The number of rotatable bonds is 4. The number of amides is 1. The number of para-hydroxylation sites is 1. The second-order valence-electron chi connectivity index (χ2n) is 5.24. The molecule has 2 aromatic carbocycles. The van der Waals surface area contributed by atoms with Gasteiger partial charge in [0, 0.05) is 17.3 Å². The van der Waals surface area contributed by atoms with Crippen molar-refractivity contribution in [2.75, 3.05) is 5.32 Å². The number of nitriles is 1. The minimum atomic E-state index is -0.560. The highest BCUT2D eigenvalue weighted by molar-refractivity contribution is 6.10. The molecule has 24 heavy (non-hydrogen) atoms. The molecule has 120 valence electrons. The largest absolute Gasteiger partial charge is 0.321 e. The quantitative estimate of drug-likeness (QED) is 0.401. The van der Waals surface area contributed by atoms with Gasteiger partial charge in [-0.1, -0.05) is 30.3 Å². The first-order chi connectivity index (χ1) is 11.4. The molecule has 0 unspecified atom stereocenters. The van der Waals surface area contributed by atoms with Gasteiger partial charge in [0.2, 0.25) is 0 Å². The molecule has 6 nitrogen and oxygen atoms in total. The molecule has 0 aliphatic carbocycles. The summed E-state index contributed by atoms with van der Waals surface area (Å²) in [5.74, 6) is -0.560. The second-order valence-corrected chi connectivity index (χ2v) is 5.24. The fraction of sp³-hybridized carbons (Fsp3) is 0.111. The van der Waals surface area contributed by atoms with Crippen molar-refractivity contribution in [3.8, 4) is 6.07 Å². The van der Waals surface area contributed by atoms with Crippen LogP contribution in [0.2, 0.25) is 0 Å². The molecule has 0 heterocycles. The van der Waals surface area contributed by atoms with E-state index in [4.69, 9.17) is 0 Å². The van der Waals surface area contributed by atoms with Gasteiger partial charge in [-0.3, -0.25) is 14.9 Å². The van der Waals surface area contributed by atoms with Gasteiger partial charge in [0.05, 0.1) is 4.92 Å². The third-order valence-electron chi connectivity index (χ3n) is 3.50. The molecule has 2 rings (SSSR count). The number of anilines is 1. The molecule has 0 saturated heterocycles. The van der Waals surface area contributed by atoms with E-state index in [1.165, 1.54) is 12.1 Å². The van der Waals surface area contributed by atoms with E-state index in [0.717, 1.165) is 5.56 Å². The van der Waals surface area contributed by atoms with E-state index in [2.05, 4.69) is 5.32 Å². The highest BCUT2D eigenvalue weighted by Crippen LogP contribution is 2.21. The summed E-state index contributed by atoms with van der Waals surface area (Å²) in [6.45, 7) is 3.47. The number of hydrogen-bond donors (Lipinski definition) is 1. The molecule has 0 saturated carbocycles. The second kappa shape index (κ2) is 7.20. The number of nitro benzene ring substituents is 1. The van der Waals surface area contributed by atoms with Crippen molar-refractivity contribution in [2.45, 2.75) is 13.8 Å². The Morgan fingerprint density at radius 3 is 2.54 bits per heavy atom. The van der Waals surface area contributed by atoms with Crippen molar-refractivity contribution in [3.05, 3.63) is 74.8 Å². The summed E-state index contributed by atoms with van der Waals surface area (Å²) in [6, 6.07) is 13.6. The molecule has 0 aliphatic rings. The average Bonchev–Trinajstić information content (AvgIpc) is 2.55. The van der Waals surface area contributed by atoms with Gasteiger partial charge in [-0.2, -0.15) is 5.26 Å². The number of nitrogens with one attached hydrogen (secondary N) is 1. The zero-order chi connectivity index (χ0) is 17.7. The smallest absolute Gasteiger partial charge is 0.272 e. The fourth-order valence-electron chi connectivity index (χ4n) is 2.13. The van der Waals surface area contributed by atoms with E-state index in [1.807, 2.05) is 25.1 Å². The number of nitrogens with zero attached hydrogens (tertiary/aromatic N) is 2. The Balaban J connectivity index is 2.31. The van der Waals surface area contributed by atoms with Crippen LogP contribution in [-0.4, -0.2) is 10.8 Å². The molecule has 2 aromatic rings. The van der Waals surface area contributed by atoms with Crippen molar-refractivity contribution in [1.29, 1.82) is 5.26 Å². The van der Waals surface area contributed by atoms with Crippen molar-refractivity contribution >= 4 is 23.4 Å². The number of nitro groups is 1. The first kappa shape index (κ1) is 16.9. The standard InChI is InChI=1S/C18H15N3O3/c1-12-5-3-4-6-16(12)20-18(22)15(11-19)9-14-8-7-13(2)17(10-14)21(23)24/h3-10H,1-2H3,(H,20,22)/b15-9-. The number of hydrogen-bond acceptors (Lipinski definition) is 4. The molecule has 6 heteroatoms. The summed E-state index contributed by atoms with van der Waals surface area (Å²) in [4.78, 5) is 22.7. The molecule has 0 spiro atoms. The van der Waals surface area contributed by atoms with Gasteiger partial charge >= 0.3 is 0 Å². The van der Waals surface area contributed by atoms with Crippen LogP contribution in [0.4, 0.5) is 11.4 Å². The van der Waals surface area contributed by atoms with Crippen molar-refractivity contribution in [3.63, 3.8) is 0 Å². The van der Waals surface area contributed by atoms with Gasteiger partial charge in [-0.15, -0.1) is 0 Å². The van der Waals surface area contributed by atoms with E-state index in [1.54, 1.807) is 31.2 Å². The van der Waals surface area contributed by atoms with Crippen molar-refractivity contribution < 1.29 is 9.72 Å². The predicted octanol–water partition coefficient (Wildman–Crippen LogP) is 3.76. The van der Waals surface area contributed by atoms with Crippen LogP contribution < -0.4 is 5.32 Å². The molecular formula is C18H15N3O3. The van der Waals surface area contributed by atoms with Gasteiger partial charge in [0.25, 0.3) is 11.6 Å². The number of aryl methyl sites for hydroxylation is 2. The number of carbonyl (C=O) groups is 1. The Kier molecular flexibility index (Phi) is 5.07. The molecular weight excluding hydrogens is 306 g/mol. The first-order valence-corrected chi connectivity index (χ1v) is 7.16. The minimum Gasteiger partial charge on any atom is -0.321 e. The summed E-state index contributed by atoms with van der Waals surface area (Å²) in [5.41, 5.74) is 2.23. The van der Waals surface area contributed by atoms with E-state index < -0.39 is 10.8 Å². The van der Waals surface area contributed by atoms with E-state index in [0.29, 0.717) is 16.8 Å². The number of benzene rings is 2. The topological polar surface area (TPSA) is 96.0 Å². The maximum absolute atomic E-state index is 12.3. The lowest BCUT2D eigenvalue weighted by molar-refractivity contribution is -0.385. The predicted molar refractivity (Wildman–Crippen MR) is 91.2 cm³/mol. The molecule has 1 N–H and O–H groups in total. The maximum Gasteiger partial charge on any atom is 0.272 e. The van der Waals surface area contributed by atoms with Crippen molar-refractivity contribution in [1.82, 2.24) is 0 Å². The van der Waals surface area contributed by atoms with Crippen LogP contribution in [-0.2, 0) is 4.79 Å². The Bertz CT molecular complexity index is 879. The molecule has 0 fully saturated rings. The van der Waals surface area contributed by atoms with Gasteiger partial charge < -0.3 is 5.32 Å². The fourth-order valence-corrected chi connectivity index (χ4v) is 2.13. The summed E-state index contributed by atoms with van der Waals surface area (Å²) >= 11 is 0. The van der Waals surface area contributed by atoms with Crippen LogP contribution in [0.1, 0.15) is 16.7 Å². The molecule has 0 aromatic heterocycles. The Morgan fingerprint density at radius 2 is 1.92 bits per heavy atom. The van der Waals surface area contributed by atoms with Crippen LogP contribution in [0.5, 0.6) is 0 Å². The Morgan fingerprint density at radius 1 is 1.21 bits per heavy atom. The van der Waals surface area contributed by atoms with Gasteiger partial charge in [-0.25, -0.2) is 0 Å². The van der Waals surface area contributed by atoms with Gasteiger partial charge in [0.15, 0.2) is 0 Å². The Labute approximate surface area is 139 Å². The average molecular weight is 321 g/mol. The lowest BCUT2D eigenvalue weighted by atomic mass is 10.1. The van der Waals surface area contributed by atoms with Crippen molar-refractivity contribution in [2.24, 2.45) is 0 Å². The molecule has 0 radical (unpaired) electrons. The van der Waals surface area contributed by atoms with Crippen LogP contribution in [0, 0.1) is 35.3 Å². The normalized spacial score (nSPS) is 10.8. The minimum absolute atomic E-state index is 0.0552. The molecule has 1 amide bonds. The van der Waals surface area contributed by atoms with Gasteiger partial charge in [-0.05, 0) is 37.1 Å². The monoisotopic (exact) mass is 321 g/mol. The third kappa shape index (κ3) is 3.84. The van der Waals surface area contributed by atoms with Crippen LogP contribution in [0.15, 0.2) is 48.0 Å². The van der Waals surface area contributed by atoms with E-state index in [9.17, 15) is 20.2 Å². The highest BCUT2D eigenvalue weighted by atomic mass is 16.6. The zero-order valence-electron chi connectivity index (χ0n) is 13.2. The van der Waals surface area contributed by atoms with Crippen LogP contribution in [0.25, 0.3) is 6.08 Å². The summed E-state index contributed by atoms with van der Waals surface area (Å²) in [7, 11) is 0. The maximum atomic E-state index is 12.3. The van der Waals surface area contributed by atoms with Crippen LogP contribution >= 0.6 is 0 Å². The van der Waals surface area contributed by atoms with E-state index >= 15 is 0 Å². The Hall–Kier alpha value is -3.46. The molecule has 0 aliphatic heterocycles. The zero-order valence-corrected chi connectivity index (χ0v) is 13.2. The lowest BCUT2D eigenvalue weighted by Crippen LogP contribution is -2.14. The lowest BCUT2D eigenvalue weighted by Gasteiger charge is -2.07. The SMILES string of the molecule is Cc1ccccc1NC(=O)/C(C#N)=C\c1ccc(C)c([N+](=O)[O-])c1. The molecule has 0 bridgehead atoms. The molecule has 0 atom stereocenters. The summed E-state index contributed by atoms with van der Waals surface area (Å²) < 4.78 is 0.